The van der Waals surface area contributed by atoms with Crippen molar-refractivity contribution >= 4 is 11.1 Å². The monoisotopic (exact) mass is 180 g/mol. The molecule has 0 bridgehead atoms. The first-order valence-corrected chi connectivity index (χ1v) is 3.99. The van der Waals surface area contributed by atoms with E-state index in [1.54, 1.807) is 19.1 Å². The van der Waals surface area contributed by atoms with Gasteiger partial charge in [-0.2, -0.15) is 0 Å². The number of fused-ring (bicyclic) bond motifs is 1. The fraction of sp³-hybridized carbons (Fsp3) is 0.222. The van der Waals surface area contributed by atoms with Crippen LogP contribution in [0.25, 0.3) is 11.1 Å². The minimum Gasteiger partial charge on any atom is -0.436 e. The van der Waals surface area contributed by atoms with E-state index in [2.05, 4.69) is 4.98 Å². The molecule has 0 fully saturated rings. The minimum absolute atomic E-state index is 0.176. The molecular weight excluding hydrogens is 171 g/mol. The Bertz CT molecular complexity index is 436. The van der Waals surface area contributed by atoms with E-state index < -0.39 is 5.82 Å². The molecule has 0 spiro atoms. The zero-order valence-electron chi connectivity index (χ0n) is 7.12. The number of para-hydroxylation sites is 1. The molecule has 0 aliphatic rings. The number of benzene rings is 1. The molecule has 0 aliphatic heterocycles. The highest BCUT2D eigenvalue weighted by atomic mass is 19.1. The van der Waals surface area contributed by atoms with Crippen molar-refractivity contribution in [2.75, 3.05) is 0 Å². The average molecular weight is 180 g/mol. The van der Waals surface area contributed by atoms with Crippen LogP contribution >= 0.6 is 0 Å². The number of halogens is 1. The molecule has 4 heteroatoms. The number of rotatable bonds is 1. The second-order valence-corrected chi connectivity index (χ2v) is 2.93. The van der Waals surface area contributed by atoms with Crippen LogP contribution in [0.3, 0.4) is 0 Å². The normalized spacial score (nSPS) is 13.5. The highest BCUT2D eigenvalue weighted by Crippen LogP contribution is 2.20. The summed E-state index contributed by atoms with van der Waals surface area (Å²) in [6.45, 7) is 1.74. The number of hydrogen-bond acceptors (Lipinski definition) is 3. The van der Waals surface area contributed by atoms with Gasteiger partial charge in [-0.3, -0.25) is 0 Å². The maximum absolute atomic E-state index is 13.1. The zero-order valence-corrected chi connectivity index (χ0v) is 7.12. The van der Waals surface area contributed by atoms with Gasteiger partial charge < -0.3 is 10.2 Å². The van der Waals surface area contributed by atoms with Crippen molar-refractivity contribution < 1.29 is 8.81 Å². The summed E-state index contributed by atoms with van der Waals surface area (Å²) in [6, 6.07) is 4.30. The van der Waals surface area contributed by atoms with Gasteiger partial charge in [0.25, 0.3) is 0 Å². The van der Waals surface area contributed by atoms with Crippen molar-refractivity contribution in [1.82, 2.24) is 4.98 Å². The molecule has 0 radical (unpaired) electrons. The zero-order chi connectivity index (χ0) is 9.42. The van der Waals surface area contributed by atoms with Crippen LogP contribution in [0.4, 0.5) is 4.39 Å². The van der Waals surface area contributed by atoms with Gasteiger partial charge in [-0.25, -0.2) is 9.37 Å². The van der Waals surface area contributed by atoms with Crippen molar-refractivity contribution in [1.29, 1.82) is 0 Å². The first kappa shape index (κ1) is 8.19. The lowest BCUT2D eigenvalue weighted by Gasteiger charge is -1.94. The highest BCUT2D eigenvalue weighted by Gasteiger charge is 2.11. The molecule has 0 aliphatic carbocycles. The fourth-order valence-electron chi connectivity index (χ4n) is 1.13. The van der Waals surface area contributed by atoms with Crippen LogP contribution in [0.5, 0.6) is 0 Å². The summed E-state index contributed by atoms with van der Waals surface area (Å²) in [7, 11) is 0. The average Bonchev–Trinajstić information content (AvgIpc) is 2.49. The number of nitrogens with zero attached hydrogens (tertiary/aromatic N) is 1. The molecule has 3 nitrogen and oxygen atoms in total. The molecule has 1 atom stereocenters. The Morgan fingerprint density at radius 3 is 2.92 bits per heavy atom. The van der Waals surface area contributed by atoms with E-state index in [1.807, 2.05) is 0 Å². The Labute approximate surface area is 74.4 Å². The molecule has 0 saturated heterocycles. The first-order valence-electron chi connectivity index (χ1n) is 3.99. The maximum Gasteiger partial charge on any atom is 0.212 e. The van der Waals surface area contributed by atoms with E-state index in [-0.39, 0.29) is 11.6 Å². The summed E-state index contributed by atoms with van der Waals surface area (Å²) in [5.74, 6) is -0.0444. The van der Waals surface area contributed by atoms with Gasteiger partial charge in [-0.15, -0.1) is 0 Å². The van der Waals surface area contributed by atoms with Crippen LogP contribution in [0, 0.1) is 5.82 Å². The summed E-state index contributed by atoms with van der Waals surface area (Å²) in [6.07, 6.45) is 0. The third-order valence-corrected chi connectivity index (χ3v) is 1.77. The summed E-state index contributed by atoms with van der Waals surface area (Å²) in [5.41, 5.74) is 6.23. The number of hydrogen-bond donors (Lipinski definition) is 1. The predicted molar refractivity (Wildman–Crippen MR) is 46.6 cm³/mol. The van der Waals surface area contributed by atoms with E-state index in [0.717, 1.165) is 0 Å². The number of aromatic nitrogens is 1. The van der Waals surface area contributed by atoms with Gasteiger partial charge >= 0.3 is 0 Å². The SMILES string of the molecule is C[C@H](N)c1nc2cccc(F)c2o1. The molecule has 1 aromatic carbocycles. The van der Waals surface area contributed by atoms with Crippen LogP contribution in [0.15, 0.2) is 22.6 Å². The largest absolute Gasteiger partial charge is 0.436 e. The Balaban J connectivity index is 2.68. The number of nitrogens with two attached hydrogens (primary N) is 1. The molecular formula is C9H9FN2O. The van der Waals surface area contributed by atoms with Crippen LogP contribution in [-0.4, -0.2) is 4.98 Å². The first-order chi connectivity index (χ1) is 6.18. The summed E-state index contributed by atoms with van der Waals surface area (Å²) >= 11 is 0. The topological polar surface area (TPSA) is 52.0 Å². The van der Waals surface area contributed by atoms with Crippen molar-refractivity contribution in [2.24, 2.45) is 5.73 Å². The highest BCUT2D eigenvalue weighted by molar-refractivity contribution is 5.73. The number of oxazole rings is 1. The summed E-state index contributed by atoms with van der Waals surface area (Å²) in [5, 5.41) is 0. The van der Waals surface area contributed by atoms with E-state index in [1.165, 1.54) is 6.07 Å². The third kappa shape index (κ3) is 1.29. The molecule has 0 amide bonds. The lowest BCUT2D eigenvalue weighted by atomic mass is 10.3. The van der Waals surface area contributed by atoms with E-state index in [0.29, 0.717) is 11.4 Å². The quantitative estimate of drug-likeness (QED) is 0.730. The minimum atomic E-state index is -0.406. The van der Waals surface area contributed by atoms with Crippen molar-refractivity contribution in [2.45, 2.75) is 13.0 Å². The Morgan fingerprint density at radius 1 is 1.54 bits per heavy atom. The van der Waals surface area contributed by atoms with Crippen LogP contribution < -0.4 is 5.73 Å². The fourth-order valence-corrected chi connectivity index (χ4v) is 1.13. The Hall–Kier alpha value is -1.42. The lowest BCUT2D eigenvalue weighted by molar-refractivity contribution is 0.477. The molecule has 0 unspecified atom stereocenters. The summed E-state index contributed by atoms with van der Waals surface area (Å²) < 4.78 is 18.2. The van der Waals surface area contributed by atoms with Gasteiger partial charge in [-0.05, 0) is 19.1 Å². The van der Waals surface area contributed by atoms with Crippen molar-refractivity contribution in [3.8, 4) is 0 Å². The van der Waals surface area contributed by atoms with Crippen molar-refractivity contribution in [3.63, 3.8) is 0 Å². The molecule has 2 N–H and O–H groups in total. The van der Waals surface area contributed by atoms with E-state index in [4.69, 9.17) is 10.2 Å². The van der Waals surface area contributed by atoms with Crippen LogP contribution in [0.2, 0.25) is 0 Å². The maximum atomic E-state index is 13.1. The third-order valence-electron chi connectivity index (χ3n) is 1.77. The standard InChI is InChI=1S/C9H9FN2O/c1-5(11)9-12-7-4-2-3-6(10)8(7)13-9/h2-5H,11H2,1H3/t5-/m0/s1. The Kier molecular flexibility index (Phi) is 1.77. The molecule has 2 aromatic rings. The molecule has 68 valence electrons. The second-order valence-electron chi connectivity index (χ2n) is 2.93. The molecule has 0 saturated carbocycles. The van der Waals surface area contributed by atoms with Gasteiger partial charge in [0.2, 0.25) is 5.89 Å². The summed E-state index contributed by atoms with van der Waals surface area (Å²) in [4.78, 5) is 4.04. The predicted octanol–water partition coefficient (Wildman–Crippen LogP) is 1.99. The Morgan fingerprint density at radius 2 is 2.31 bits per heavy atom. The van der Waals surface area contributed by atoms with E-state index >= 15 is 0 Å². The van der Waals surface area contributed by atoms with E-state index in [9.17, 15) is 4.39 Å². The van der Waals surface area contributed by atoms with Gasteiger partial charge in [0.05, 0.1) is 6.04 Å². The van der Waals surface area contributed by atoms with Gasteiger partial charge in [0.15, 0.2) is 11.4 Å². The van der Waals surface area contributed by atoms with Gasteiger partial charge in [-0.1, -0.05) is 6.07 Å². The molecule has 1 aromatic heterocycles. The lowest BCUT2D eigenvalue weighted by Crippen LogP contribution is -2.04. The van der Waals surface area contributed by atoms with Gasteiger partial charge in [0.1, 0.15) is 5.52 Å². The van der Waals surface area contributed by atoms with Gasteiger partial charge in [0, 0.05) is 0 Å². The van der Waals surface area contributed by atoms with Crippen molar-refractivity contribution in [3.05, 3.63) is 29.9 Å². The van der Waals surface area contributed by atoms with Crippen LogP contribution in [-0.2, 0) is 0 Å². The molecule has 13 heavy (non-hydrogen) atoms. The smallest absolute Gasteiger partial charge is 0.212 e. The molecule has 2 rings (SSSR count). The molecule has 1 heterocycles. The van der Waals surface area contributed by atoms with Crippen LogP contribution in [0.1, 0.15) is 18.9 Å². The second kappa shape index (κ2) is 2.81.